The molecule has 2 aliphatic rings. The standard InChI is InChI=1S/C15H25N3/c1-3-11(2)18-9-8-14(17-18)10-16-15(12-4-5-12)13-6-7-13/h8-9,11-13,15-16H,3-7,10H2,1-2H3. The van der Waals surface area contributed by atoms with Gasteiger partial charge in [-0.1, -0.05) is 6.92 Å². The highest BCUT2D eigenvalue weighted by Gasteiger charge is 2.40. The zero-order valence-corrected chi connectivity index (χ0v) is 11.6. The first-order valence-corrected chi connectivity index (χ1v) is 7.55. The van der Waals surface area contributed by atoms with Gasteiger partial charge in [-0.25, -0.2) is 0 Å². The Bertz CT molecular complexity index is 378. The van der Waals surface area contributed by atoms with Crippen LogP contribution in [-0.4, -0.2) is 15.8 Å². The second-order valence-electron chi connectivity index (χ2n) is 6.13. The van der Waals surface area contributed by atoms with Crippen LogP contribution in [0.5, 0.6) is 0 Å². The molecule has 18 heavy (non-hydrogen) atoms. The first-order valence-electron chi connectivity index (χ1n) is 7.55. The molecular formula is C15H25N3. The Morgan fingerprint density at radius 3 is 2.56 bits per heavy atom. The van der Waals surface area contributed by atoms with Crippen LogP contribution in [0.3, 0.4) is 0 Å². The van der Waals surface area contributed by atoms with Gasteiger partial charge in [0.25, 0.3) is 0 Å². The average molecular weight is 247 g/mol. The van der Waals surface area contributed by atoms with Crippen molar-refractivity contribution in [3.8, 4) is 0 Å². The van der Waals surface area contributed by atoms with Crippen LogP contribution in [-0.2, 0) is 6.54 Å². The topological polar surface area (TPSA) is 29.9 Å². The maximum atomic E-state index is 4.67. The van der Waals surface area contributed by atoms with Gasteiger partial charge in [-0.15, -0.1) is 0 Å². The van der Waals surface area contributed by atoms with Gasteiger partial charge in [0.05, 0.1) is 5.69 Å². The SMILES string of the molecule is CCC(C)n1ccc(CNC(C2CC2)C2CC2)n1. The van der Waals surface area contributed by atoms with Crippen LogP contribution in [0.15, 0.2) is 12.3 Å². The van der Waals surface area contributed by atoms with Gasteiger partial charge in [0.1, 0.15) is 0 Å². The fourth-order valence-electron chi connectivity index (χ4n) is 2.76. The number of aromatic nitrogens is 2. The van der Waals surface area contributed by atoms with Crippen LogP contribution in [0.4, 0.5) is 0 Å². The largest absolute Gasteiger partial charge is 0.308 e. The van der Waals surface area contributed by atoms with E-state index >= 15 is 0 Å². The van der Waals surface area contributed by atoms with Crippen molar-refractivity contribution < 1.29 is 0 Å². The lowest BCUT2D eigenvalue weighted by Gasteiger charge is -2.16. The molecule has 0 spiro atoms. The van der Waals surface area contributed by atoms with Crippen LogP contribution in [0, 0.1) is 11.8 Å². The summed E-state index contributed by atoms with van der Waals surface area (Å²) in [5.41, 5.74) is 1.20. The lowest BCUT2D eigenvalue weighted by molar-refractivity contribution is 0.408. The second-order valence-corrected chi connectivity index (χ2v) is 6.13. The third kappa shape index (κ3) is 2.77. The molecule has 0 amide bonds. The van der Waals surface area contributed by atoms with E-state index < -0.39 is 0 Å². The van der Waals surface area contributed by atoms with E-state index in [1.807, 2.05) is 0 Å². The van der Waals surface area contributed by atoms with Crippen molar-refractivity contribution in [3.63, 3.8) is 0 Å². The van der Waals surface area contributed by atoms with Gasteiger partial charge in [-0.05, 0) is 56.9 Å². The summed E-state index contributed by atoms with van der Waals surface area (Å²) in [5, 5.41) is 8.42. The molecule has 3 nitrogen and oxygen atoms in total. The molecule has 0 aromatic carbocycles. The number of hydrogen-bond acceptors (Lipinski definition) is 2. The van der Waals surface area contributed by atoms with Crippen molar-refractivity contribution in [2.24, 2.45) is 11.8 Å². The van der Waals surface area contributed by atoms with Gasteiger partial charge in [-0.3, -0.25) is 4.68 Å². The predicted molar refractivity (Wildman–Crippen MR) is 73.3 cm³/mol. The van der Waals surface area contributed by atoms with E-state index in [4.69, 9.17) is 0 Å². The molecule has 0 aliphatic heterocycles. The third-order valence-electron chi connectivity index (χ3n) is 4.48. The van der Waals surface area contributed by atoms with E-state index in [-0.39, 0.29) is 0 Å². The maximum absolute atomic E-state index is 4.67. The van der Waals surface area contributed by atoms with Gasteiger partial charge in [0, 0.05) is 24.8 Å². The lowest BCUT2D eigenvalue weighted by Crippen LogP contribution is -2.32. The Morgan fingerprint density at radius 2 is 2.00 bits per heavy atom. The molecule has 1 aromatic rings. The van der Waals surface area contributed by atoms with Crippen LogP contribution >= 0.6 is 0 Å². The molecular weight excluding hydrogens is 222 g/mol. The van der Waals surface area contributed by atoms with Gasteiger partial charge < -0.3 is 5.32 Å². The predicted octanol–water partition coefficient (Wildman–Crippen LogP) is 3.13. The van der Waals surface area contributed by atoms with Crippen molar-refractivity contribution in [1.29, 1.82) is 0 Å². The summed E-state index contributed by atoms with van der Waals surface area (Å²) in [6.45, 7) is 5.38. The highest BCUT2D eigenvalue weighted by atomic mass is 15.3. The van der Waals surface area contributed by atoms with Gasteiger partial charge in [-0.2, -0.15) is 5.10 Å². The Balaban J connectivity index is 1.54. The first kappa shape index (κ1) is 12.2. The van der Waals surface area contributed by atoms with E-state index in [1.54, 1.807) is 0 Å². The minimum Gasteiger partial charge on any atom is -0.308 e. The van der Waals surface area contributed by atoms with Crippen molar-refractivity contribution in [2.45, 2.75) is 64.6 Å². The zero-order valence-electron chi connectivity index (χ0n) is 11.6. The van der Waals surface area contributed by atoms with E-state index in [2.05, 4.69) is 41.2 Å². The van der Waals surface area contributed by atoms with Crippen LogP contribution in [0.25, 0.3) is 0 Å². The van der Waals surface area contributed by atoms with Crippen LogP contribution in [0.1, 0.15) is 57.7 Å². The fourth-order valence-corrected chi connectivity index (χ4v) is 2.76. The smallest absolute Gasteiger partial charge is 0.0762 e. The molecule has 2 fully saturated rings. The number of nitrogens with zero attached hydrogens (tertiary/aromatic N) is 2. The molecule has 100 valence electrons. The third-order valence-corrected chi connectivity index (χ3v) is 4.48. The van der Waals surface area contributed by atoms with Crippen molar-refractivity contribution >= 4 is 0 Å². The first-order chi connectivity index (χ1) is 8.78. The highest BCUT2D eigenvalue weighted by Crippen LogP contribution is 2.44. The molecule has 0 saturated heterocycles. The summed E-state index contributed by atoms with van der Waals surface area (Å²) < 4.78 is 2.10. The summed E-state index contributed by atoms with van der Waals surface area (Å²) in [7, 11) is 0. The Labute approximate surface area is 110 Å². The quantitative estimate of drug-likeness (QED) is 0.802. The van der Waals surface area contributed by atoms with E-state index in [0.29, 0.717) is 6.04 Å². The molecule has 1 aromatic heterocycles. The van der Waals surface area contributed by atoms with E-state index in [1.165, 1.54) is 31.4 Å². The highest BCUT2D eigenvalue weighted by molar-refractivity contribution is 5.02. The van der Waals surface area contributed by atoms with Gasteiger partial charge in [0.15, 0.2) is 0 Å². The van der Waals surface area contributed by atoms with E-state index in [9.17, 15) is 0 Å². The minimum absolute atomic E-state index is 0.515. The number of rotatable bonds is 7. The summed E-state index contributed by atoms with van der Waals surface area (Å²) in [5.74, 6) is 1.93. The Kier molecular flexibility index (Phi) is 3.42. The summed E-state index contributed by atoms with van der Waals surface area (Å²) >= 11 is 0. The van der Waals surface area contributed by atoms with E-state index in [0.717, 1.165) is 30.8 Å². The fraction of sp³-hybridized carbons (Fsp3) is 0.800. The molecule has 1 unspecified atom stereocenters. The maximum Gasteiger partial charge on any atom is 0.0762 e. The molecule has 3 heteroatoms. The molecule has 1 atom stereocenters. The van der Waals surface area contributed by atoms with Crippen molar-refractivity contribution in [1.82, 2.24) is 15.1 Å². The summed E-state index contributed by atoms with van der Waals surface area (Å²) in [6.07, 6.45) is 9.02. The lowest BCUT2D eigenvalue weighted by atomic mass is 10.1. The molecule has 0 bridgehead atoms. The van der Waals surface area contributed by atoms with Crippen molar-refractivity contribution in [3.05, 3.63) is 18.0 Å². The average Bonchev–Trinajstić information content (AvgIpc) is 3.29. The molecule has 1 N–H and O–H groups in total. The molecule has 3 rings (SSSR count). The van der Waals surface area contributed by atoms with Crippen LogP contribution < -0.4 is 5.32 Å². The summed E-state index contributed by atoms with van der Waals surface area (Å²) in [6, 6.07) is 3.45. The molecule has 0 radical (unpaired) electrons. The second kappa shape index (κ2) is 5.04. The summed E-state index contributed by atoms with van der Waals surface area (Å²) in [4.78, 5) is 0. The Morgan fingerprint density at radius 1 is 1.33 bits per heavy atom. The monoisotopic (exact) mass is 247 g/mol. The number of nitrogens with one attached hydrogen (secondary N) is 1. The normalized spacial score (nSPS) is 21.5. The zero-order chi connectivity index (χ0) is 12.5. The minimum atomic E-state index is 0.515. The molecule has 2 saturated carbocycles. The Hall–Kier alpha value is -0.830. The van der Waals surface area contributed by atoms with Crippen molar-refractivity contribution in [2.75, 3.05) is 0 Å². The van der Waals surface area contributed by atoms with Gasteiger partial charge >= 0.3 is 0 Å². The molecule has 1 heterocycles. The van der Waals surface area contributed by atoms with Crippen LogP contribution in [0.2, 0.25) is 0 Å². The van der Waals surface area contributed by atoms with Gasteiger partial charge in [0.2, 0.25) is 0 Å². The number of hydrogen-bond donors (Lipinski definition) is 1. The molecule has 2 aliphatic carbocycles.